The molecule has 1 saturated carbocycles. The van der Waals surface area contributed by atoms with Gasteiger partial charge in [-0.25, -0.2) is 4.79 Å². The minimum Gasteiger partial charge on any atom is -0.450 e. The monoisotopic (exact) mass is 187 g/mol. The lowest BCUT2D eigenvalue weighted by Gasteiger charge is -2.27. The molecule has 2 N–H and O–H groups in total. The number of ether oxygens (including phenoxy) is 1. The van der Waals surface area contributed by atoms with Crippen molar-refractivity contribution in [3.63, 3.8) is 0 Å². The zero-order valence-electron chi connectivity index (χ0n) is 7.95. The van der Waals surface area contributed by atoms with E-state index in [1.807, 2.05) is 0 Å². The van der Waals surface area contributed by atoms with Gasteiger partial charge >= 0.3 is 6.09 Å². The minimum atomic E-state index is -0.423. The molecule has 0 aromatic carbocycles. The third-order valence-corrected chi connectivity index (χ3v) is 2.31. The number of nitrogens with one attached hydrogen (secondary N) is 1. The van der Waals surface area contributed by atoms with E-state index in [4.69, 9.17) is 4.74 Å². The second-order valence-electron chi connectivity index (χ2n) is 3.32. The molecule has 0 radical (unpaired) electrons. The number of aliphatic hydroxyl groups is 1. The maximum atomic E-state index is 11.0. The van der Waals surface area contributed by atoms with E-state index in [2.05, 4.69) is 5.32 Å². The first-order chi connectivity index (χ1) is 6.24. The van der Waals surface area contributed by atoms with Crippen LogP contribution in [0.15, 0.2) is 0 Å². The van der Waals surface area contributed by atoms with Crippen molar-refractivity contribution < 1.29 is 14.6 Å². The number of carbonyl (C=O) groups is 1. The first kappa shape index (κ1) is 10.3. The van der Waals surface area contributed by atoms with Crippen LogP contribution in [0.4, 0.5) is 4.79 Å². The van der Waals surface area contributed by atoms with Crippen molar-refractivity contribution >= 4 is 6.09 Å². The Morgan fingerprint density at radius 1 is 1.54 bits per heavy atom. The zero-order valence-corrected chi connectivity index (χ0v) is 7.95. The van der Waals surface area contributed by atoms with Crippen LogP contribution in [0, 0.1) is 0 Å². The molecule has 1 aliphatic rings. The molecule has 0 aliphatic heterocycles. The fourth-order valence-electron chi connectivity index (χ4n) is 1.60. The van der Waals surface area contributed by atoms with Gasteiger partial charge in [0.15, 0.2) is 0 Å². The zero-order chi connectivity index (χ0) is 9.68. The molecule has 13 heavy (non-hydrogen) atoms. The van der Waals surface area contributed by atoms with Crippen molar-refractivity contribution in [1.29, 1.82) is 0 Å². The summed E-state index contributed by atoms with van der Waals surface area (Å²) in [5.41, 5.74) is 0. The average Bonchev–Trinajstić information content (AvgIpc) is 2.09. The summed E-state index contributed by atoms with van der Waals surface area (Å²) >= 11 is 0. The summed E-state index contributed by atoms with van der Waals surface area (Å²) in [6.07, 6.45) is 2.90. The third kappa shape index (κ3) is 3.22. The molecule has 0 spiro atoms. The maximum absolute atomic E-state index is 11.0. The number of amides is 1. The van der Waals surface area contributed by atoms with Crippen LogP contribution in [-0.4, -0.2) is 30.0 Å². The van der Waals surface area contributed by atoms with Crippen molar-refractivity contribution in [2.45, 2.75) is 44.8 Å². The lowest BCUT2D eigenvalue weighted by Crippen LogP contribution is -2.45. The van der Waals surface area contributed by atoms with Crippen LogP contribution in [0.1, 0.15) is 32.6 Å². The molecule has 76 valence electrons. The molecule has 2 atom stereocenters. The summed E-state index contributed by atoms with van der Waals surface area (Å²) in [6, 6.07) is -0.118. The Hall–Kier alpha value is -0.770. The van der Waals surface area contributed by atoms with Gasteiger partial charge < -0.3 is 15.2 Å². The van der Waals surface area contributed by atoms with Crippen molar-refractivity contribution in [2.24, 2.45) is 0 Å². The van der Waals surface area contributed by atoms with Crippen LogP contribution in [0.3, 0.4) is 0 Å². The van der Waals surface area contributed by atoms with Gasteiger partial charge in [0.05, 0.1) is 18.8 Å². The highest BCUT2D eigenvalue weighted by Crippen LogP contribution is 2.18. The van der Waals surface area contributed by atoms with Gasteiger partial charge in [0, 0.05) is 0 Å². The molecule has 0 unspecified atom stereocenters. The molecule has 1 fully saturated rings. The van der Waals surface area contributed by atoms with Crippen LogP contribution in [-0.2, 0) is 4.74 Å². The first-order valence-electron chi connectivity index (χ1n) is 4.85. The van der Waals surface area contributed by atoms with E-state index in [0.717, 1.165) is 25.7 Å². The third-order valence-electron chi connectivity index (χ3n) is 2.31. The molecule has 0 aromatic rings. The lowest BCUT2D eigenvalue weighted by molar-refractivity contribution is 0.0811. The number of carbonyl (C=O) groups excluding carboxylic acids is 1. The van der Waals surface area contributed by atoms with Crippen molar-refractivity contribution in [1.82, 2.24) is 5.32 Å². The van der Waals surface area contributed by atoms with Crippen LogP contribution in [0.2, 0.25) is 0 Å². The van der Waals surface area contributed by atoms with Crippen molar-refractivity contribution in [3.8, 4) is 0 Å². The van der Waals surface area contributed by atoms with Crippen molar-refractivity contribution in [2.75, 3.05) is 6.61 Å². The Balaban J connectivity index is 2.29. The second-order valence-corrected chi connectivity index (χ2v) is 3.32. The number of hydrogen-bond acceptors (Lipinski definition) is 3. The molecule has 0 saturated heterocycles. The van der Waals surface area contributed by atoms with Gasteiger partial charge in [-0.2, -0.15) is 0 Å². The smallest absolute Gasteiger partial charge is 0.407 e. The molecule has 4 heteroatoms. The molecular weight excluding hydrogens is 170 g/mol. The van der Waals surface area contributed by atoms with E-state index in [1.54, 1.807) is 6.92 Å². The molecular formula is C9H17NO3. The number of hydrogen-bond donors (Lipinski definition) is 2. The number of rotatable bonds is 2. The quantitative estimate of drug-likeness (QED) is 0.679. The molecule has 1 rings (SSSR count). The van der Waals surface area contributed by atoms with E-state index in [9.17, 15) is 9.90 Å². The molecule has 0 aromatic heterocycles. The largest absolute Gasteiger partial charge is 0.450 e. The lowest BCUT2D eigenvalue weighted by atomic mass is 9.93. The summed E-state index contributed by atoms with van der Waals surface area (Å²) in [7, 11) is 0. The van der Waals surface area contributed by atoms with Crippen LogP contribution in [0.5, 0.6) is 0 Å². The van der Waals surface area contributed by atoms with Crippen LogP contribution < -0.4 is 5.32 Å². The standard InChI is InChI=1S/C9H17NO3/c1-2-13-9(12)10-7-5-3-4-6-8(7)11/h7-8,11H,2-6H2,1H3,(H,10,12)/t7-,8-/m0/s1. The second kappa shape index (κ2) is 5.07. The predicted octanol–water partition coefficient (Wildman–Crippen LogP) is 1.04. The molecule has 1 amide bonds. The highest BCUT2D eigenvalue weighted by Gasteiger charge is 2.24. The summed E-state index contributed by atoms with van der Waals surface area (Å²) in [5, 5.41) is 12.2. The Morgan fingerprint density at radius 3 is 2.85 bits per heavy atom. The SMILES string of the molecule is CCOC(=O)N[C@H]1CCCC[C@@H]1O. The molecule has 0 heterocycles. The van der Waals surface area contributed by atoms with Crippen LogP contribution in [0.25, 0.3) is 0 Å². The van der Waals surface area contributed by atoms with Gasteiger partial charge in [0.2, 0.25) is 0 Å². The van der Waals surface area contributed by atoms with E-state index in [0.29, 0.717) is 6.61 Å². The van der Waals surface area contributed by atoms with Gasteiger partial charge in [-0.05, 0) is 19.8 Å². The summed E-state index contributed by atoms with van der Waals surface area (Å²) in [5.74, 6) is 0. The van der Waals surface area contributed by atoms with E-state index in [1.165, 1.54) is 0 Å². The normalized spacial score (nSPS) is 28.2. The van der Waals surface area contributed by atoms with Gasteiger partial charge in [-0.15, -0.1) is 0 Å². The Morgan fingerprint density at radius 2 is 2.23 bits per heavy atom. The molecule has 4 nitrogen and oxygen atoms in total. The highest BCUT2D eigenvalue weighted by molar-refractivity contribution is 5.67. The molecule has 1 aliphatic carbocycles. The van der Waals surface area contributed by atoms with Crippen molar-refractivity contribution in [3.05, 3.63) is 0 Å². The van der Waals surface area contributed by atoms with Crippen LogP contribution >= 0.6 is 0 Å². The minimum absolute atomic E-state index is 0.118. The Labute approximate surface area is 78.3 Å². The Kier molecular flexibility index (Phi) is 4.02. The first-order valence-corrected chi connectivity index (χ1v) is 4.85. The Bertz CT molecular complexity index is 172. The fraction of sp³-hybridized carbons (Fsp3) is 0.889. The summed E-state index contributed by atoms with van der Waals surface area (Å²) in [4.78, 5) is 11.0. The summed E-state index contributed by atoms with van der Waals surface area (Å²) < 4.78 is 4.73. The average molecular weight is 187 g/mol. The van der Waals surface area contributed by atoms with Gasteiger partial charge in [-0.1, -0.05) is 12.8 Å². The van der Waals surface area contributed by atoms with E-state index >= 15 is 0 Å². The highest BCUT2D eigenvalue weighted by atomic mass is 16.5. The van der Waals surface area contributed by atoms with Gasteiger partial charge in [0.25, 0.3) is 0 Å². The number of aliphatic hydroxyl groups excluding tert-OH is 1. The summed E-state index contributed by atoms with van der Waals surface area (Å²) in [6.45, 7) is 2.13. The van der Waals surface area contributed by atoms with Gasteiger partial charge in [-0.3, -0.25) is 0 Å². The van der Waals surface area contributed by atoms with E-state index < -0.39 is 12.2 Å². The predicted molar refractivity (Wildman–Crippen MR) is 48.4 cm³/mol. The topological polar surface area (TPSA) is 58.6 Å². The van der Waals surface area contributed by atoms with Gasteiger partial charge in [0.1, 0.15) is 0 Å². The maximum Gasteiger partial charge on any atom is 0.407 e. The number of alkyl carbamates (subject to hydrolysis) is 1. The molecule has 0 bridgehead atoms. The van der Waals surface area contributed by atoms with E-state index in [-0.39, 0.29) is 6.04 Å². The fourth-order valence-corrected chi connectivity index (χ4v) is 1.60.